The van der Waals surface area contributed by atoms with Crippen molar-refractivity contribution in [3.05, 3.63) is 12.2 Å². The van der Waals surface area contributed by atoms with Gasteiger partial charge in [-0.2, -0.15) is 0 Å². The van der Waals surface area contributed by atoms with Gasteiger partial charge in [0.1, 0.15) is 0 Å². The quantitative estimate of drug-likeness (QED) is 0.691. The first-order chi connectivity index (χ1) is 13.1. The molecule has 1 heterocycles. The zero-order valence-electron chi connectivity index (χ0n) is 18.2. The molecule has 0 aromatic heterocycles. The highest BCUT2D eigenvalue weighted by Gasteiger charge is 2.61. The molecule has 3 saturated carbocycles. The number of rotatable bonds is 3. The van der Waals surface area contributed by atoms with E-state index in [1.165, 1.54) is 19.3 Å². The number of carbonyl (C=O) groups is 2. The van der Waals surface area contributed by atoms with E-state index in [1.807, 2.05) is 6.08 Å². The molecule has 28 heavy (non-hydrogen) atoms. The van der Waals surface area contributed by atoms with E-state index in [9.17, 15) is 9.59 Å². The fourth-order valence-corrected chi connectivity index (χ4v) is 8.33. The maximum atomic E-state index is 13.2. The van der Waals surface area contributed by atoms with Gasteiger partial charge in [0, 0.05) is 22.1 Å². The summed E-state index contributed by atoms with van der Waals surface area (Å²) in [6.45, 7) is 11.2. The largest absolute Gasteiger partial charge is 0.351 e. The van der Waals surface area contributed by atoms with Crippen molar-refractivity contribution in [2.45, 2.75) is 90.4 Å². The van der Waals surface area contributed by atoms with Crippen LogP contribution >= 0.6 is 11.8 Å². The second kappa shape index (κ2) is 6.89. The van der Waals surface area contributed by atoms with E-state index in [4.69, 9.17) is 0 Å². The molecule has 1 N–H and O–H groups in total. The third-order valence-electron chi connectivity index (χ3n) is 9.19. The Bertz CT molecular complexity index is 701. The predicted octanol–water partition coefficient (Wildman–Crippen LogP) is 5.35. The molecule has 1 aliphatic heterocycles. The van der Waals surface area contributed by atoms with Gasteiger partial charge in [-0.3, -0.25) is 9.59 Å². The van der Waals surface area contributed by atoms with Gasteiger partial charge < -0.3 is 5.32 Å². The molecular formula is C24H37NO2S. The van der Waals surface area contributed by atoms with Crippen molar-refractivity contribution in [1.29, 1.82) is 0 Å². The van der Waals surface area contributed by atoms with Gasteiger partial charge in [-0.1, -0.05) is 38.6 Å². The van der Waals surface area contributed by atoms with E-state index in [0.717, 1.165) is 25.7 Å². The maximum absolute atomic E-state index is 13.2. The molecule has 0 spiro atoms. The molecule has 4 heteroatoms. The molecule has 156 valence electrons. The number of thioether (sulfide) groups is 1. The van der Waals surface area contributed by atoms with Gasteiger partial charge >= 0.3 is 0 Å². The van der Waals surface area contributed by atoms with Crippen LogP contribution in [0, 0.1) is 34.5 Å². The summed E-state index contributed by atoms with van der Waals surface area (Å²) in [6.07, 6.45) is 12.0. The Kier molecular flexibility index (Phi) is 5.04. The van der Waals surface area contributed by atoms with E-state index in [0.29, 0.717) is 23.0 Å². The molecule has 0 radical (unpaired) electrons. The Hall–Kier alpha value is -0.770. The number of fused-ring (bicyclic) bond motifs is 5. The van der Waals surface area contributed by atoms with Gasteiger partial charge in [-0.05, 0) is 88.0 Å². The molecule has 3 aliphatic carbocycles. The number of amides is 1. The summed E-state index contributed by atoms with van der Waals surface area (Å²) in [6, 6.07) is 0. The average Bonchev–Trinajstić information content (AvgIpc) is 2.99. The monoisotopic (exact) mass is 403 g/mol. The average molecular weight is 404 g/mol. The van der Waals surface area contributed by atoms with E-state index in [2.05, 4.69) is 46.0 Å². The zero-order chi connectivity index (χ0) is 20.3. The molecular weight excluding hydrogens is 366 g/mol. The summed E-state index contributed by atoms with van der Waals surface area (Å²) in [4.78, 5) is 25.1. The first kappa shape index (κ1) is 20.5. The minimum absolute atomic E-state index is 0.120. The Morgan fingerprint density at radius 3 is 2.64 bits per heavy atom. The number of carbonyl (C=O) groups excluding carboxylic acids is 2. The lowest BCUT2D eigenvalue weighted by Gasteiger charge is -2.58. The van der Waals surface area contributed by atoms with Crippen LogP contribution in [0.5, 0.6) is 0 Å². The molecule has 4 rings (SSSR count). The summed E-state index contributed by atoms with van der Waals surface area (Å²) >= 11 is 1.57. The Morgan fingerprint density at radius 2 is 1.93 bits per heavy atom. The highest BCUT2D eigenvalue weighted by atomic mass is 32.2. The SMILES string of the molecule is CCC(C)(C)NC(=O)[C@H]1CC[C@H]2[C@@H]3CC[C@H]4SC(=O)C=C[C@]4(C)[C@H]3CC[C@]12C. The molecule has 4 aliphatic rings. The molecule has 3 nitrogen and oxygen atoms in total. The minimum Gasteiger partial charge on any atom is -0.351 e. The highest BCUT2D eigenvalue weighted by Crippen LogP contribution is 2.66. The molecule has 0 saturated heterocycles. The van der Waals surface area contributed by atoms with Crippen LogP contribution in [0.4, 0.5) is 0 Å². The molecule has 0 bridgehead atoms. The second-order valence-electron chi connectivity index (χ2n) is 11.0. The molecule has 7 atom stereocenters. The lowest BCUT2D eigenvalue weighted by atomic mass is 9.49. The first-order valence-electron chi connectivity index (χ1n) is 11.3. The zero-order valence-corrected chi connectivity index (χ0v) is 19.0. The van der Waals surface area contributed by atoms with Crippen molar-refractivity contribution in [2.75, 3.05) is 0 Å². The van der Waals surface area contributed by atoms with Crippen LogP contribution < -0.4 is 5.32 Å². The van der Waals surface area contributed by atoms with Crippen LogP contribution in [0.25, 0.3) is 0 Å². The first-order valence-corrected chi connectivity index (χ1v) is 12.2. The normalized spacial score (nSPS) is 45.2. The van der Waals surface area contributed by atoms with Crippen LogP contribution in [0.3, 0.4) is 0 Å². The van der Waals surface area contributed by atoms with Gasteiger partial charge in [0.05, 0.1) is 0 Å². The lowest BCUT2D eigenvalue weighted by molar-refractivity contribution is -0.133. The summed E-state index contributed by atoms with van der Waals surface area (Å²) in [5, 5.41) is 4.02. The molecule has 0 aromatic rings. The Morgan fingerprint density at radius 1 is 1.18 bits per heavy atom. The molecule has 3 fully saturated rings. The van der Waals surface area contributed by atoms with Gasteiger partial charge in [0.25, 0.3) is 0 Å². The molecule has 0 aromatic carbocycles. The van der Waals surface area contributed by atoms with Gasteiger partial charge in [0.2, 0.25) is 11.0 Å². The van der Waals surface area contributed by atoms with Crippen LogP contribution in [-0.4, -0.2) is 21.8 Å². The van der Waals surface area contributed by atoms with Crippen molar-refractivity contribution in [2.24, 2.45) is 34.5 Å². The van der Waals surface area contributed by atoms with Crippen molar-refractivity contribution in [3.8, 4) is 0 Å². The van der Waals surface area contributed by atoms with Crippen molar-refractivity contribution in [1.82, 2.24) is 5.32 Å². The minimum atomic E-state index is -0.120. The summed E-state index contributed by atoms with van der Waals surface area (Å²) in [7, 11) is 0. The standard InChI is InChI=1S/C24H37NO2S/c1-6-22(2,3)25-21(27)18-9-8-16-15-7-10-19-24(5,14-12-20(26)28-19)17(15)11-13-23(16,18)4/h12,14-19H,6-11,13H2,1-5H3,(H,25,27)/t15-,16-,17-,18+,19+,23-,24+/m0/s1. The van der Waals surface area contributed by atoms with Crippen molar-refractivity contribution >= 4 is 22.8 Å². The van der Waals surface area contributed by atoms with E-state index in [1.54, 1.807) is 11.8 Å². The Labute approximate surface area is 174 Å². The molecule has 1 amide bonds. The van der Waals surface area contributed by atoms with Gasteiger partial charge in [-0.15, -0.1) is 0 Å². The fraction of sp³-hybridized carbons (Fsp3) is 0.833. The van der Waals surface area contributed by atoms with E-state index in [-0.39, 0.29) is 33.3 Å². The number of hydrogen-bond acceptors (Lipinski definition) is 3. The van der Waals surface area contributed by atoms with E-state index >= 15 is 0 Å². The summed E-state index contributed by atoms with van der Waals surface area (Å²) in [5.41, 5.74) is 0.165. The highest BCUT2D eigenvalue weighted by molar-refractivity contribution is 8.14. The third-order valence-corrected chi connectivity index (χ3v) is 10.6. The fourth-order valence-electron chi connectivity index (χ4n) is 7.14. The summed E-state index contributed by atoms with van der Waals surface area (Å²) < 4.78 is 0. The number of nitrogens with one attached hydrogen (secondary N) is 1. The Balaban J connectivity index is 1.56. The third kappa shape index (κ3) is 3.09. The topological polar surface area (TPSA) is 46.2 Å². The van der Waals surface area contributed by atoms with Gasteiger partial charge in [-0.25, -0.2) is 0 Å². The molecule has 0 unspecified atom stereocenters. The van der Waals surface area contributed by atoms with Gasteiger partial charge in [0.15, 0.2) is 0 Å². The van der Waals surface area contributed by atoms with Crippen molar-refractivity contribution < 1.29 is 9.59 Å². The van der Waals surface area contributed by atoms with Crippen LogP contribution in [0.2, 0.25) is 0 Å². The predicted molar refractivity (Wildman–Crippen MR) is 116 cm³/mol. The van der Waals surface area contributed by atoms with Crippen LogP contribution in [-0.2, 0) is 9.59 Å². The van der Waals surface area contributed by atoms with Crippen LogP contribution in [0.15, 0.2) is 12.2 Å². The van der Waals surface area contributed by atoms with Crippen LogP contribution in [0.1, 0.15) is 79.6 Å². The number of allylic oxidation sites excluding steroid dienone is 1. The van der Waals surface area contributed by atoms with E-state index < -0.39 is 0 Å². The van der Waals surface area contributed by atoms with Crippen molar-refractivity contribution in [3.63, 3.8) is 0 Å². The maximum Gasteiger partial charge on any atom is 0.224 e. The lowest BCUT2D eigenvalue weighted by Crippen LogP contribution is -2.55. The smallest absolute Gasteiger partial charge is 0.224 e. The summed E-state index contributed by atoms with van der Waals surface area (Å²) in [5.74, 6) is 2.47. The second-order valence-corrected chi connectivity index (χ2v) is 12.2. The number of hydrogen-bond donors (Lipinski definition) is 1.